The van der Waals surface area contributed by atoms with Crippen LogP contribution in [0.2, 0.25) is 0 Å². The quantitative estimate of drug-likeness (QED) is 0.379. The molecule has 0 aliphatic rings. The van der Waals surface area contributed by atoms with Crippen molar-refractivity contribution < 1.29 is 33.5 Å². The van der Waals surface area contributed by atoms with Gasteiger partial charge in [0.05, 0.1) is 31.8 Å². The fraction of sp³-hybridized carbons (Fsp3) is 0.130. The zero-order valence-electron chi connectivity index (χ0n) is 18.5. The number of methoxy groups -OCH3 is 3. The summed E-state index contributed by atoms with van der Waals surface area (Å²) < 4.78 is 21.1. The Kier molecular flexibility index (Phi) is 7.49. The van der Waals surface area contributed by atoms with Crippen LogP contribution >= 0.6 is 0 Å². The van der Waals surface area contributed by atoms with Crippen LogP contribution in [0.3, 0.4) is 0 Å². The van der Waals surface area contributed by atoms with Crippen LogP contribution in [0.5, 0.6) is 28.7 Å². The minimum Gasteiger partial charge on any atom is -0.497 e. The lowest BCUT2D eigenvalue weighted by Gasteiger charge is -2.13. The third kappa shape index (κ3) is 5.51. The molecular weight excluding hydrogens is 446 g/mol. The van der Waals surface area contributed by atoms with E-state index in [9.17, 15) is 19.7 Å². The van der Waals surface area contributed by atoms with E-state index in [1.807, 2.05) is 0 Å². The average Bonchev–Trinajstić information content (AvgIpc) is 2.87. The van der Waals surface area contributed by atoms with Crippen LogP contribution in [-0.2, 0) is 0 Å². The van der Waals surface area contributed by atoms with E-state index in [4.69, 9.17) is 18.9 Å². The summed E-state index contributed by atoms with van der Waals surface area (Å²) >= 11 is 0. The lowest BCUT2D eigenvalue weighted by Crippen LogP contribution is -2.41. The number of nitro groups is 1. The van der Waals surface area contributed by atoms with Crippen LogP contribution in [0, 0.1) is 10.1 Å². The molecule has 0 fully saturated rings. The number of carbonyl (C=O) groups is 2. The van der Waals surface area contributed by atoms with Gasteiger partial charge in [0.15, 0.2) is 11.5 Å². The highest BCUT2D eigenvalue weighted by molar-refractivity contribution is 6.01. The average molecular weight is 467 g/mol. The van der Waals surface area contributed by atoms with E-state index in [-0.39, 0.29) is 22.6 Å². The van der Waals surface area contributed by atoms with Gasteiger partial charge in [-0.25, -0.2) is 0 Å². The van der Waals surface area contributed by atoms with Crippen molar-refractivity contribution in [1.82, 2.24) is 10.9 Å². The molecule has 34 heavy (non-hydrogen) atoms. The molecule has 0 saturated heterocycles. The van der Waals surface area contributed by atoms with Crippen molar-refractivity contribution in [3.63, 3.8) is 0 Å². The second kappa shape index (κ2) is 10.7. The molecule has 3 aromatic rings. The first-order chi connectivity index (χ1) is 16.4. The van der Waals surface area contributed by atoms with Crippen molar-refractivity contribution in [1.29, 1.82) is 0 Å². The molecule has 11 nitrogen and oxygen atoms in total. The molecule has 0 radical (unpaired) electrons. The van der Waals surface area contributed by atoms with Crippen molar-refractivity contribution in [2.45, 2.75) is 0 Å². The van der Waals surface area contributed by atoms with E-state index in [0.29, 0.717) is 23.0 Å². The Labute approximate surface area is 194 Å². The first-order valence-corrected chi connectivity index (χ1v) is 9.79. The van der Waals surface area contributed by atoms with E-state index in [2.05, 4.69) is 10.9 Å². The Morgan fingerprint density at radius 1 is 0.735 bits per heavy atom. The van der Waals surface area contributed by atoms with Crippen molar-refractivity contribution in [2.75, 3.05) is 21.3 Å². The number of nitrogens with one attached hydrogen (secondary N) is 2. The molecule has 0 aliphatic carbocycles. The fourth-order valence-corrected chi connectivity index (χ4v) is 2.90. The largest absolute Gasteiger partial charge is 0.497 e. The van der Waals surface area contributed by atoms with Crippen LogP contribution in [-0.4, -0.2) is 38.1 Å². The van der Waals surface area contributed by atoms with Gasteiger partial charge in [-0.1, -0.05) is 0 Å². The number of nitro benzene ring substituents is 1. The number of hydrogen-bond acceptors (Lipinski definition) is 8. The molecule has 0 aromatic heterocycles. The second-order valence-electron chi connectivity index (χ2n) is 6.69. The van der Waals surface area contributed by atoms with Gasteiger partial charge in [0.25, 0.3) is 17.5 Å². The predicted octanol–water partition coefficient (Wildman–Crippen LogP) is 3.49. The monoisotopic (exact) mass is 467 g/mol. The lowest BCUT2D eigenvalue weighted by atomic mass is 10.1. The summed E-state index contributed by atoms with van der Waals surface area (Å²) in [6.07, 6.45) is 0. The van der Waals surface area contributed by atoms with E-state index < -0.39 is 16.7 Å². The SMILES string of the molecule is COc1ccc(Oc2ccc([N+](=O)[O-])cc2C(=O)NNC(=O)c2ccc(OC)c(OC)c2)cc1. The minimum atomic E-state index is -0.818. The molecule has 0 saturated carbocycles. The van der Waals surface area contributed by atoms with Gasteiger partial charge in [-0.15, -0.1) is 0 Å². The third-order valence-electron chi connectivity index (χ3n) is 4.64. The summed E-state index contributed by atoms with van der Waals surface area (Å²) in [5.74, 6) is 0.326. The molecule has 0 unspecified atom stereocenters. The number of amides is 2. The highest BCUT2D eigenvalue weighted by Crippen LogP contribution is 2.30. The van der Waals surface area contributed by atoms with Gasteiger partial charge in [0.2, 0.25) is 0 Å². The van der Waals surface area contributed by atoms with Crippen molar-refractivity contribution in [3.8, 4) is 28.7 Å². The number of hydrazine groups is 1. The maximum Gasteiger partial charge on any atom is 0.273 e. The molecule has 0 spiro atoms. The van der Waals surface area contributed by atoms with Crippen LogP contribution in [0.25, 0.3) is 0 Å². The minimum absolute atomic E-state index is 0.0497. The van der Waals surface area contributed by atoms with Gasteiger partial charge in [-0.3, -0.25) is 30.6 Å². The Bertz CT molecular complexity index is 1210. The summed E-state index contributed by atoms with van der Waals surface area (Å²) in [5, 5.41) is 11.2. The van der Waals surface area contributed by atoms with Crippen molar-refractivity contribution >= 4 is 17.5 Å². The highest BCUT2D eigenvalue weighted by atomic mass is 16.6. The van der Waals surface area contributed by atoms with E-state index in [1.54, 1.807) is 24.3 Å². The Balaban J connectivity index is 1.80. The predicted molar refractivity (Wildman–Crippen MR) is 121 cm³/mol. The molecule has 11 heteroatoms. The van der Waals surface area contributed by atoms with Gasteiger partial charge in [0.1, 0.15) is 17.2 Å². The Morgan fingerprint density at radius 3 is 1.97 bits per heavy atom. The van der Waals surface area contributed by atoms with Crippen molar-refractivity contribution in [3.05, 3.63) is 81.9 Å². The zero-order chi connectivity index (χ0) is 24.7. The molecule has 0 atom stereocenters. The molecule has 2 amide bonds. The number of benzene rings is 3. The molecular formula is C23H21N3O8. The summed E-state index contributed by atoms with van der Waals surface area (Å²) in [5.41, 5.74) is 4.22. The Morgan fingerprint density at radius 2 is 1.35 bits per heavy atom. The smallest absolute Gasteiger partial charge is 0.273 e. The highest BCUT2D eigenvalue weighted by Gasteiger charge is 2.20. The van der Waals surface area contributed by atoms with Crippen LogP contribution in [0.4, 0.5) is 5.69 Å². The third-order valence-corrected chi connectivity index (χ3v) is 4.64. The van der Waals surface area contributed by atoms with Gasteiger partial charge in [-0.05, 0) is 48.5 Å². The number of rotatable bonds is 8. The summed E-state index contributed by atoms with van der Waals surface area (Å²) in [6.45, 7) is 0. The molecule has 0 aliphatic heterocycles. The molecule has 3 rings (SSSR count). The maximum absolute atomic E-state index is 12.8. The van der Waals surface area contributed by atoms with Gasteiger partial charge in [-0.2, -0.15) is 0 Å². The van der Waals surface area contributed by atoms with Crippen LogP contribution in [0.1, 0.15) is 20.7 Å². The topological polar surface area (TPSA) is 138 Å². The molecule has 0 heterocycles. The van der Waals surface area contributed by atoms with Crippen LogP contribution in [0.15, 0.2) is 60.7 Å². The number of carbonyl (C=O) groups excluding carboxylic acids is 2. The molecule has 176 valence electrons. The van der Waals surface area contributed by atoms with E-state index in [0.717, 1.165) is 6.07 Å². The van der Waals surface area contributed by atoms with Gasteiger partial charge in [0, 0.05) is 17.7 Å². The first-order valence-electron chi connectivity index (χ1n) is 9.79. The van der Waals surface area contributed by atoms with Gasteiger partial charge < -0.3 is 18.9 Å². The standard InChI is InChI=1S/C23H21N3O8/c1-31-16-6-8-17(9-7-16)34-19-11-5-15(26(29)30)13-18(19)23(28)25-24-22(27)14-4-10-20(32-2)21(12-14)33-3/h4-13H,1-3H3,(H,24,27)(H,25,28). The van der Waals surface area contributed by atoms with Crippen molar-refractivity contribution in [2.24, 2.45) is 0 Å². The fourth-order valence-electron chi connectivity index (χ4n) is 2.90. The Hall–Kier alpha value is -4.80. The van der Waals surface area contributed by atoms with Gasteiger partial charge >= 0.3 is 0 Å². The summed E-state index contributed by atoms with van der Waals surface area (Å²) in [7, 11) is 4.40. The molecule has 0 bridgehead atoms. The number of nitrogens with zero attached hydrogens (tertiary/aromatic N) is 1. The molecule has 2 N–H and O–H groups in total. The summed E-state index contributed by atoms with van der Waals surface area (Å²) in [4.78, 5) is 35.8. The maximum atomic E-state index is 12.8. The van der Waals surface area contributed by atoms with E-state index >= 15 is 0 Å². The zero-order valence-corrected chi connectivity index (χ0v) is 18.5. The molecule has 3 aromatic carbocycles. The van der Waals surface area contributed by atoms with Crippen LogP contribution < -0.4 is 29.8 Å². The lowest BCUT2D eigenvalue weighted by molar-refractivity contribution is -0.384. The second-order valence-corrected chi connectivity index (χ2v) is 6.69. The number of hydrogen-bond donors (Lipinski definition) is 2. The summed E-state index contributed by atoms with van der Waals surface area (Å²) in [6, 6.07) is 14.6. The number of non-ortho nitro benzene ring substituents is 1. The van der Waals surface area contributed by atoms with E-state index in [1.165, 1.54) is 51.7 Å². The number of ether oxygens (including phenoxy) is 4. The first kappa shape index (κ1) is 23.9. The normalized spacial score (nSPS) is 10.1.